The third kappa shape index (κ3) is 3.70. The van der Waals surface area contributed by atoms with E-state index in [0.717, 1.165) is 34.1 Å². The zero-order chi connectivity index (χ0) is 20.7. The Balaban J connectivity index is 1.69. The van der Waals surface area contributed by atoms with E-state index in [1.807, 2.05) is 57.2 Å². The van der Waals surface area contributed by atoms with Crippen LogP contribution in [-0.2, 0) is 11.2 Å². The smallest absolute Gasteiger partial charge is 0.186 e. The maximum Gasteiger partial charge on any atom is 0.186 e. The molecule has 2 aromatic heterocycles. The maximum absolute atomic E-state index is 13.0. The minimum Gasteiger partial charge on any atom is -0.318 e. The highest BCUT2D eigenvalue weighted by molar-refractivity contribution is 8.19. The second kappa shape index (κ2) is 7.89. The number of thioether (sulfide) groups is 1. The molecule has 148 valence electrons. The minimum absolute atomic E-state index is 0.0774. The Morgan fingerprint density at radius 2 is 2.07 bits per heavy atom. The van der Waals surface area contributed by atoms with E-state index in [2.05, 4.69) is 14.8 Å². The van der Waals surface area contributed by atoms with Gasteiger partial charge in [0.1, 0.15) is 15.9 Å². The van der Waals surface area contributed by atoms with Crippen molar-refractivity contribution in [2.24, 2.45) is 0 Å². The molecule has 3 heterocycles. The van der Waals surface area contributed by atoms with Crippen LogP contribution in [0.4, 0.5) is 0 Å². The number of nitrogens with one attached hydrogen (secondary N) is 1. The number of carbonyl (C=O) groups is 1. The molecule has 0 saturated carbocycles. The van der Waals surface area contributed by atoms with Crippen molar-refractivity contribution in [2.45, 2.75) is 33.1 Å². The number of hydrogen-bond donors (Lipinski definition) is 1. The number of nitrogens with zero attached hydrogens (tertiary/aromatic N) is 3. The monoisotopic (exact) mass is 442 g/mol. The zero-order valence-corrected chi connectivity index (χ0v) is 18.6. The van der Waals surface area contributed by atoms with Gasteiger partial charge in [-0.15, -0.1) is 21.5 Å². The Labute approximate surface area is 182 Å². The first kappa shape index (κ1) is 20.1. The average Bonchev–Trinajstić information content (AvgIpc) is 3.33. The Bertz CT molecular complexity index is 1160. The Hall–Kier alpha value is -2.22. The highest BCUT2D eigenvalue weighted by atomic mass is 35.5. The van der Waals surface area contributed by atoms with Crippen molar-refractivity contribution in [3.8, 4) is 5.69 Å². The van der Waals surface area contributed by atoms with E-state index in [1.165, 1.54) is 23.1 Å². The van der Waals surface area contributed by atoms with Gasteiger partial charge in [0, 0.05) is 22.1 Å². The quantitative estimate of drug-likeness (QED) is 0.535. The van der Waals surface area contributed by atoms with Gasteiger partial charge in [-0.3, -0.25) is 10.2 Å². The summed E-state index contributed by atoms with van der Waals surface area (Å²) in [7, 11) is 0. The Morgan fingerprint density at radius 3 is 2.76 bits per heavy atom. The summed E-state index contributed by atoms with van der Waals surface area (Å²) in [5, 5.41) is 19.0. The van der Waals surface area contributed by atoms with Crippen LogP contribution in [0.2, 0.25) is 5.02 Å². The van der Waals surface area contributed by atoms with E-state index >= 15 is 0 Å². The molecule has 5 nitrogen and oxygen atoms in total. The summed E-state index contributed by atoms with van der Waals surface area (Å²) in [6.45, 7) is 6.05. The molecule has 3 aromatic rings. The molecule has 1 aromatic carbocycles. The largest absolute Gasteiger partial charge is 0.318 e. The molecule has 0 radical (unpaired) electrons. The van der Waals surface area contributed by atoms with Gasteiger partial charge >= 0.3 is 0 Å². The van der Waals surface area contributed by atoms with E-state index < -0.39 is 5.92 Å². The second-order valence-electron chi connectivity index (χ2n) is 6.80. The average molecular weight is 443 g/mol. The van der Waals surface area contributed by atoms with Crippen LogP contribution in [0.15, 0.2) is 35.2 Å². The van der Waals surface area contributed by atoms with E-state index in [0.29, 0.717) is 20.0 Å². The summed E-state index contributed by atoms with van der Waals surface area (Å²) in [5.74, 6) is -0.702. The SMILES string of the molecule is CCc1nnc([C@H]2C(=N)S/C(=C\c3cc(C)n(-c4cccc(Cl)c4)c3C)C2=O)s1. The van der Waals surface area contributed by atoms with Gasteiger partial charge < -0.3 is 4.57 Å². The maximum atomic E-state index is 13.0. The minimum atomic E-state index is -0.625. The molecular weight excluding hydrogens is 424 g/mol. The fraction of sp³-hybridized carbons (Fsp3) is 0.238. The first-order chi connectivity index (χ1) is 13.9. The summed E-state index contributed by atoms with van der Waals surface area (Å²) < 4.78 is 2.11. The summed E-state index contributed by atoms with van der Waals surface area (Å²) in [4.78, 5) is 13.6. The first-order valence-electron chi connectivity index (χ1n) is 9.18. The van der Waals surface area contributed by atoms with Crippen LogP contribution in [0.5, 0.6) is 0 Å². The standard InChI is InChI=1S/C21H19ClN4OS2/c1-4-17-24-25-21(29-17)18-19(27)16(28-20(18)23)9-13-8-11(2)26(12(13)3)15-7-5-6-14(22)10-15/h5-10,18,23H,4H2,1-3H3/b16-9-,23-20?/t18-/m1/s1. The molecule has 8 heteroatoms. The van der Waals surface area contributed by atoms with Crippen molar-refractivity contribution in [2.75, 3.05) is 0 Å². The molecule has 0 aliphatic carbocycles. The highest BCUT2D eigenvalue weighted by Gasteiger charge is 2.39. The number of rotatable bonds is 4. The fourth-order valence-electron chi connectivity index (χ4n) is 3.43. The number of halogens is 1. The molecule has 1 atom stereocenters. The van der Waals surface area contributed by atoms with Crippen LogP contribution in [0.3, 0.4) is 0 Å². The molecule has 0 bridgehead atoms. The predicted octanol–water partition coefficient (Wildman–Crippen LogP) is 5.58. The lowest BCUT2D eigenvalue weighted by molar-refractivity contribution is -0.114. The summed E-state index contributed by atoms with van der Waals surface area (Å²) >= 11 is 8.79. The lowest BCUT2D eigenvalue weighted by Crippen LogP contribution is -2.11. The van der Waals surface area contributed by atoms with Crippen molar-refractivity contribution in [3.05, 3.63) is 67.2 Å². The van der Waals surface area contributed by atoms with E-state index in [4.69, 9.17) is 17.0 Å². The van der Waals surface area contributed by atoms with Gasteiger partial charge in [0.15, 0.2) is 5.78 Å². The zero-order valence-electron chi connectivity index (χ0n) is 16.2. The third-order valence-electron chi connectivity index (χ3n) is 4.84. The summed E-state index contributed by atoms with van der Waals surface area (Å²) in [5.41, 5.74) is 4.01. The first-order valence-corrected chi connectivity index (χ1v) is 11.2. The number of carbonyl (C=O) groups excluding carboxylic acids is 1. The molecule has 0 amide bonds. The third-order valence-corrected chi connectivity index (χ3v) is 7.20. The van der Waals surface area contributed by atoms with Crippen LogP contribution >= 0.6 is 34.7 Å². The van der Waals surface area contributed by atoms with Crippen LogP contribution in [0.25, 0.3) is 11.8 Å². The van der Waals surface area contributed by atoms with Crippen LogP contribution in [0, 0.1) is 19.3 Å². The van der Waals surface area contributed by atoms with Crippen molar-refractivity contribution in [1.29, 1.82) is 5.41 Å². The van der Waals surface area contributed by atoms with Gasteiger partial charge in [0.25, 0.3) is 0 Å². The van der Waals surface area contributed by atoms with E-state index in [9.17, 15) is 4.79 Å². The van der Waals surface area contributed by atoms with Crippen LogP contribution in [0.1, 0.15) is 39.8 Å². The van der Waals surface area contributed by atoms with Crippen molar-refractivity contribution < 1.29 is 4.79 Å². The molecule has 0 unspecified atom stereocenters. The van der Waals surface area contributed by atoms with E-state index in [-0.39, 0.29) is 5.78 Å². The molecule has 1 aliphatic heterocycles. The number of ketones is 1. The number of hydrogen-bond acceptors (Lipinski definition) is 6. The molecular formula is C21H19ClN4OS2. The molecule has 0 spiro atoms. The molecule has 1 aliphatic rings. The van der Waals surface area contributed by atoms with Crippen molar-refractivity contribution >= 4 is 51.6 Å². The van der Waals surface area contributed by atoms with E-state index in [1.54, 1.807) is 0 Å². The molecule has 4 rings (SSSR count). The number of aryl methyl sites for hydroxylation is 2. The van der Waals surface area contributed by atoms with Gasteiger partial charge in [0.05, 0.1) is 9.95 Å². The number of aromatic nitrogens is 3. The molecule has 1 fully saturated rings. The normalized spacial score (nSPS) is 18.2. The fourth-order valence-corrected chi connectivity index (χ4v) is 5.56. The van der Waals surface area contributed by atoms with Crippen LogP contribution in [-0.4, -0.2) is 25.6 Å². The van der Waals surface area contributed by atoms with Gasteiger partial charge in [-0.1, -0.05) is 36.4 Å². The second-order valence-corrected chi connectivity index (χ2v) is 9.42. The number of Topliss-reactive ketones (excluding diaryl/α,β-unsaturated/α-hetero) is 1. The lowest BCUT2D eigenvalue weighted by atomic mass is 10.1. The lowest BCUT2D eigenvalue weighted by Gasteiger charge is -2.10. The van der Waals surface area contributed by atoms with Gasteiger partial charge in [-0.05, 0) is 56.2 Å². The van der Waals surface area contributed by atoms with Gasteiger partial charge in [0.2, 0.25) is 0 Å². The summed E-state index contributed by atoms with van der Waals surface area (Å²) in [6.07, 6.45) is 2.66. The Kier molecular flexibility index (Phi) is 5.46. The number of benzene rings is 1. The summed E-state index contributed by atoms with van der Waals surface area (Å²) in [6, 6.07) is 9.74. The van der Waals surface area contributed by atoms with Gasteiger partial charge in [-0.25, -0.2) is 0 Å². The number of allylic oxidation sites excluding steroid dienone is 1. The van der Waals surface area contributed by atoms with Crippen molar-refractivity contribution in [3.63, 3.8) is 0 Å². The molecule has 1 N–H and O–H groups in total. The van der Waals surface area contributed by atoms with Crippen molar-refractivity contribution in [1.82, 2.24) is 14.8 Å². The predicted molar refractivity (Wildman–Crippen MR) is 121 cm³/mol. The Morgan fingerprint density at radius 1 is 1.28 bits per heavy atom. The molecule has 29 heavy (non-hydrogen) atoms. The topological polar surface area (TPSA) is 71.6 Å². The van der Waals surface area contributed by atoms with Crippen LogP contribution < -0.4 is 0 Å². The molecule has 1 saturated heterocycles. The highest BCUT2D eigenvalue weighted by Crippen LogP contribution is 2.42. The van der Waals surface area contributed by atoms with Gasteiger partial charge in [-0.2, -0.15) is 0 Å².